The molecule has 2 aliphatic carbocycles. The van der Waals surface area contributed by atoms with Gasteiger partial charge in [-0.3, -0.25) is 19.3 Å². The molecule has 4 atom stereocenters. The summed E-state index contributed by atoms with van der Waals surface area (Å²) in [6, 6.07) is 6.89. The molecule has 0 saturated heterocycles. The highest BCUT2D eigenvalue weighted by Gasteiger charge is 2.45. The minimum Gasteiger partial charge on any atom is -0.481 e. The topological polar surface area (TPSA) is 74.7 Å². The summed E-state index contributed by atoms with van der Waals surface area (Å²) in [5.74, 6) is -0.743. The van der Waals surface area contributed by atoms with E-state index in [1.165, 1.54) is 4.90 Å². The summed E-state index contributed by atoms with van der Waals surface area (Å²) < 4.78 is 0. The third-order valence-corrected chi connectivity index (χ3v) is 5.65. The van der Waals surface area contributed by atoms with Crippen LogP contribution in [0.15, 0.2) is 24.3 Å². The molecule has 2 fully saturated rings. The van der Waals surface area contributed by atoms with E-state index < -0.39 is 5.97 Å². The number of hydrogen-bond donors (Lipinski definition) is 1. The summed E-state index contributed by atoms with van der Waals surface area (Å²) in [6.45, 7) is 0. The third kappa shape index (κ3) is 2.26. The van der Waals surface area contributed by atoms with Crippen molar-refractivity contribution in [2.45, 2.75) is 38.1 Å². The molecule has 0 radical (unpaired) electrons. The molecular weight excluding hydrogens is 294 g/mol. The Morgan fingerprint density at radius 1 is 0.913 bits per heavy atom. The van der Waals surface area contributed by atoms with Crippen LogP contribution in [0.3, 0.4) is 0 Å². The van der Waals surface area contributed by atoms with E-state index in [0.29, 0.717) is 35.8 Å². The number of amides is 2. The fourth-order valence-electron chi connectivity index (χ4n) is 4.77. The van der Waals surface area contributed by atoms with Gasteiger partial charge < -0.3 is 5.11 Å². The van der Waals surface area contributed by atoms with E-state index in [9.17, 15) is 19.5 Å². The Balaban J connectivity index is 1.56. The molecule has 2 saturated carbocycles. The number of carboxylic acids is 1. The molecule has 120 valence electrons. The van der Waals surface area contributed by atoms with E-state index in [2.05, 4.69) is 0 Å². The predicted molar refractivity (Wildman–Crippen MR) is 81.9 cm³/mol. The van der Waals surface area contributed by atoms with Crippen molar-refractivity contribution in [1.82, 2.24) is 4.90 Å². The Hall–Kier alpha value is -2.17. The Bertz CT molecular complexity index is 649. The number of aliphatic carboxylic acids is 1. The van der Waals surface area contributed by atoms with Crippen molar-refractivity contribution in [3.63, 3.8) is 0 Å². The fraction of sp³-hybridized carbons (Fsp3) is 0.500. The van der Waals surface area contributed by atoms with Gasteiger partial charge in [-0.05, 0) is 56.1 Å². The lowest BCUT2D eigenvalue weighted by Crippen LogP contribution is -2.47. The van der Waals surface area contributed by atoms with Crippen molar-refractivity contribution in [2.75, 3.05) is 0 Å². The molecule has 5 nitrogen and oxygen atoms in total. The SMILES string of the molecule is O=C(O)C1C[C@@H]2CC(N3C(=O)c4ccccc4C3=O)C[C@H](C1)C2. The van der Waals surface area contributed by atoms with Gasteiger partial charge in [0.05, 0.1) is 17.0 Å². The zero-order chi connectivity index (χ0) is 16.1. The van der Waals surface area contributed by atoms with Crippen molar-refractivity contribution in [3.05, 3.63) is 35.4 Å². The van der Waals surface area contributed by atoms with Crippen molar-refractivity contribution in [3.8, 4) is 0 Å². The molecule has 0 aromatic heterocycles. The maximum atomic E-state index is 12.6. The fourth-order valence-corrected chi connectivity index (χ4v) is 4.77. The second-order valence-electron chi connectivity index (χ2n) is 7.13. The van der Waals surface area contributed by atoms with Crippen LogP contribution in [-0.4, -0.2) is 33.8 Å². The summed E-state index contributed by atoms with van der Waals surface area (Å²) in [5.41, 5.74) is 0.994. The van der Waals surface area contributed by atoms with Crippen molar-refractivity contribution < 1.29 is 19.5 Å². The van der Waals surface area contributed by atoms with Crippen LogP contribution in [0.1, 0.15) is 52.8 Å². The monoisotopic (exact) mass is 313 g/mol. The van der Waals surface area contributed by atoms with Gasteiger partial charge in [0.1, 0.15) is 0 Å². The normalized spacial score (nSPS) is 32.8. The lowest BCUT2D eigenvalue weighted by molar-refractivity contribution is -0.144. The van der Waals surface area contributed by atoms with Gasteiger partial charge in [-0.1, -0.05) is 12.1 Å². The number of rotatable bonds is 2. The number of carbonyl (C=O) groups is 3. The van der Waals surface area contributed by atoms with Gasteiger partial charge in [-0.2, -0.15) is 0 Å². The van der Waals surface area contributed by atoms with E-state index in [4.69, 9.17) is 0 Å². The molecule has 2 bridgehead atoms. The molecule has 5 heteroatoms. The highest BCUT2D eigenvalue weighted by atomic mass is 16.4. The first kappa shape index (κ1) is 14.4. The van der Waals surface area contributed by atoms with Crippen LogP contribution in [0.25, 0.3) is 0 Å². The van der Waals surface area contributed by atoms with E-state index in [1.807, 2.05) is 0 Å². The molecule has 3 aliphatic rings. The number of imide groups is 1. The van der Waals surface area contributed by atoms with Crippen LogP contribution < -0.4 is 0 Å². The van der Waals surface area contributed by atoms with Gasteiger partial charge in [-0.25, -0.2) is 0 Å². The summed E-state index contributed by atoms with van der Waals surface area (Å²) >= 11 is 0. The number of nitrogens with zero attached hydrogens (tertiary/aromatic N) is 1. The van der Waals surface area contributed by atoms with Crippen LogP contribution in [0.4, 0.5) is 0 Å². The first-order valence-corrected chi connectivity index (χ1v) is 8.24. The van der Waals surface area contributed by atoms with Crippen LogP contribution in [0.2, 0.25) is 0 Å². The number of carboxylic acid groups (broad SMARTS) is 1. The van der Waals surface area contributed by atoms with Gasteiger partial charge in [-0.15, -0.1) is 0 Å². The van der Waals surface area contributed by atoms with Gasteiger partial charge in [0.25, 0.3) is 11.8 Å². The summed E-state index contributed by atoms with van der Waals surface area (Å²) in [6.07, 6.45) is 3.86. The maximum absolute atomic E-state index is 12.6. The quantitative estimate of drug-likeness (QED) is 0.852. The lowest BCUT2D eigenvalue weighted by atomic mass is 9.66. The molecule has 1 heterocycles. The number of fused-ring (bicyclic) bond motifs is 3. The van der Waals surface area contributed by atoms with E-state index in [0.717, 1.165) is 19.3 Å². The molecule has 2 amide bonds. The summed E-state index contributed by atoms with van der Waals surface area (Å²) in [7, 11) is 0. The maximum Gasteiger partial charge on any atom is 0.306 e. The molecule has 1 aromatic rings. The van der Waals surface area contributed by atoms with Crippen molar-refractivity contribution >= 4 is 17.8 Å². The second-order valence-corrected chi connectivity index (χ2v) is 7.13. The second kappa shape index (κ2) is 5.18. The zero-order valence-electron chi connectivity index (χ0n) is 12.8. The first-order valence-electron chi connectivity index (χ1n) is 8.24. The molecular formula is C18H19NO4. The molecule has 2 unspecified atom stereocenters. The Morgan fingerprint density at radius 3 is 1.91 bits per heavy atom. The van der Waals surface area contributed by atoms with Crippen LogP contribution >= 0.6 is 0 Å². The predicted octanol–water partition coefficient (Wildman–Crippen LogP) is 2.56. The highest BCUT2D eigenvalue weighted by molar-refractivity contribution is 6.21. The highest BCUT2D eigenvalue weighted by Crippen LogP contribution is 2.45. The van der Waals surface area contributed by atoms with Crippen molar-refractivity contribution in [2.24, 2.45) is 17.8 Å². The zero-order valence-corrected chi connectivity index (χ0v) is 12.8. The molecule has 23 heavy (non-hydrogen) atoms. The lowest BCUT2D eigenvalue weighted by Gasteiger charge is -2.43. The first-order chi connectivity index (χ1) is 11.0. The molecule has 0 spiro atoms. The number of benzene rings is 1. The Morgan fingerprint density at radius 2 is 1.43 bits per heavy atom. The smallest absolute Gasteiger partial charge is 0.306 e. The molecule has 1 N–H and O–H groups in total. The van der Waals surface area contributed by atoms with Gasteiger partial charge in [0.15, 0.2) is 0 Å². The molecule has 1 aromatic carbocycles. The van der Waals surface area contributed by atoms with Gasteiger partial charge >= 0.3 is 5.97 Å². The largest absolute Gasteiger partial charge is 0.481 e. The Kier molecular flexibility index (Phi) is 3.25. The average molecular weight is 313 g/mol. The van der Waals surface area contributed by atoms with E-state index >= 15 is 0 Å². The number of hydrogen-bond acceptors (Lipinski definition) is 3. The minimum absolute atomic E-state index is 0.0825. The van der Waals surface area contributed by atoms with Crippen LogP contribution in [-0.2, 0) is 4.79 Å². The van der Waals surface area contributed by atoms with Gasteiger partial charge in [0, 0.05) is 6.04 Å². The standard InChI is InChI=1S/C18H19NO4/c20-16-14-3-1-2-4-15(14)17(21)19(16)13-8-10-5-11(9-13)7-12(6-10)18(22)23/h1-4,10-13H,5-9H2,(H,22,23)/t10-,11+,12?,13?. The number of carbonyl (C=O) groups excluding carboxylic acids is 2. The van der Waals surface area contributed by atoms with Gasteiger partial charge in [0.2, 0.25) is 0 Å². The minimum atomic E-state index is -0.709. The average Bonchev–Trinajstić information content (AvgIpc) is 2.78. The van der Waals surface area contributed by atoms with Crippen LogP contribution in [0, 0.1) is 17.8 Å². The Labute approximate surface area is 134 Å². The summed E-state index contributed by atoms with van der Waals surface area (Å²) in [5, 5.41) is 9.25. The summed E-state index contributed by atoms with van der Waals surface area (Å²) in [4.78, 5) is 37.9. The molecule has 4 rings (SSSR count). The third-order valence-electron chi connectivity index (χ3n) is 5.65. The van der Waals surface area contributed by atoms with E-state index in [1.54, 1.807) is 24.3 Å². The van der Waals surface area contributed by atoms with Crippen molar-refractivity contribution in [1.29, 1.82) is 0 Å². The van der Waals surface area contributed by atoms with E-state index in [-0.39, 0.29) is 23.8 Å². The molecule has 1 aliphatic heterocycles. The van der Waals surface area contributed by atoms with Crippen LogP contribution in [0.5, 0.6) is 0 Å².